The van der Waals surface area contributed by atoms with Crippen LogP contribution in [0.25, 0.3) is 0 Å². The lowest BCUT2D eigenvalue weighted by atomic mass is 9.98. The average molecular weight is 342 g/mol. The maximum Gasteiger partial charge on any atom is 0.335 e. The Morgan fingerprint density at radius 1 is 0.739 bits per heavy atom. The molecule has 2 aliphatic rings. The largest absolute Gasteiger partial charge is 0.479 e. The number of aliphatic hydroxyl groups is 7. The highest BCUT2D eigenvalue weighted by Gasteiger charge is 2.52. The molecule has 2 fully saturated rings. The van der Waals surface area contributed by atoms with Crippen molar-refractivity contribution in [1.29, 1.82) is 0 Å². The first kappa shape index (κ1) is 18.4. The van der Waals surface area contributed by atoms with Gasteiger partial charge >= 0.3 is 5.97 Å². The molecule has 0 aromatic rings. The Hall–Kier alpha value is -0.930. The first-order chi connectivity index (χ1) is 10.6. The maximum atomic E-state index is 11.1. The highest BCUT2D eigenvalue weighted by atomic mass is 16.8. The first-order valence-electron chi connectivity index (χ1n) is 6.60. The molecule has 0 unspecified atom stereocenters. The molecule has 0 aromatic heterocycles. The van der Waals surface area contributed by atoms with Crippen LogP contribution >= 0.6 is 0 Å². The normalized spacial score (nSPS) is 51.4. The molecule has 2 aliphatic heterocycles. The van der Waals surface area contributed by atoms with Gasteiger partial charge in [0.25, 0.3) is 0 Å². The third-order valence-corrected chi connectivity index (χ3v) is 3.64. The number of aliphatic carboxylic acids is 1. The number of aliphatic hydroxyl groups excluding tert-OH is 7. The van der Waals surface area contributed by atoms with Crippen molar-refractivity contribution in [1.82, 2.24) is 0 Å². The second-order valence-corrected chi connectivity index (χ2v) is 5.23. The van der Waals surface area contributed by atoms with Crippen molar-refractivity contribution in [2.75, 3.05) is 0 Å². The Bertz CT molecular complexity index is 431. The van der Waals surface area contributed by atoms with Gasteiger partial charge in [-0.2, -0.15) is 0 Å². The molecule has 12 heteroatoms. The van der Waals surface area contributed by atoms with Gasteiger partial charge in [-0.3, -0.25) is 0 Å². The molecule has 0 amide bonds. The van der Waals surface area contributed by atoms with Gasteiger partial charge in [-0.15, -0.1) is 0 Å². The molecule has 0 aromatic carbocycles. The van der Waals surface area contributed by atoms with Gasteiger partial charge in [0.2, 0.25) is 0 Å². The van der Waals surface area contributed by atoms with E-state index in [0.29, 0.717) is 0 Å². The maximum absolute atomic E-state index is 11.1. The summed E-state index contributed by atoms with van der Waals surface area (Å²) in [5.41, 5.74) is 0. The van der Waals surface area contributed by atoms with Crippen molar-refractivity contribution in [3.05, 3.63) is 0 Å². The van der Waals surface area contributed by atoms with Gasteiger partial charge in [0.1, 0.15) is 36.6 Å². The van der Waals surface area contributed by atoms with Gasteiger partial charge in [-0.25, -0.2) is 4.79 Å². The van der Waals surface area contributed by atoms with E-state index in [1.165, 1.54) is 0 Å². The number of carboxylic acid groups (broad SMARTS) is 1. The molecule has 12 nitrogen and oxygen atoms in total. The smallest absolute Gasteiger partial charge is 0.335 e. The monoisotopic (exact) mass is 342 g/mol. The number of carboxylic acids is 1. The van der Waals surface area contributed by atoms with Gasteiger partial charge in [-0.1, -0.05) is 0 Å². The summed E-state index contributed by atoms with van der Waals surface area (Å²) in [6.45, 7) is 0. The molecular formula is C11H18O12. The van der Waals surface area contributed by atoms with Crippen LogP contribution in [0.3, 0.4) is 0 Å². The van der Waals surface area contributed by atoms with Crippen molar-refractivity contribution in [2.24, 2.45) is 0 Å². The summed E-state index contributed by atoms with van der Waals surface area (Å²) >= 11 is 0. The summed E-state index contributed by atoms with van der Waals surface area (Å²) in [4.78, 5) is 11.1. The number of ether oxygens (including phenoxy) is 3. The van der Waals surface area contributed by atoms with E-state index in [0.717, 1.165) is 0 Å². The molecule has 134 valence electrons. The lowest BCUT2D eigenvalue weighted by Crippen LogP contribution is -2.64. The Balaban J connectivity index is 2.16. The van der Waals surface area contributed by atoms with E-state index in [1.54, 1.807) is 0 Å². The molecule has 0 saturated carbocycles. The van der Waals surface area contributed by atoms with Gasteiger partial charge in [-0.05, 0) is 0 Å². The molecule has 8 N–H and O–H groups in total. The number of hydrogen-bond acceptors (Lipinski definition) is 11. The van der Waals surface area contributed by atoms with E-state index in [9.17, 15) is 40.5 Å². The minimum atomic E-state index is -1.99. The van der Waals surface area contributed by atoms with Crippen molar-refractivity contribution in [2.45, 2.75) is 61.6 Å². The summed E-state index contributed by atoms with van der Waals surface area (Å²) in [7, 11) is 0. The van der Waals surface area contributed by atoms with Crippen LogP contribution in [0.1, 0.15) is 0 Å². The summed E-state index contributed by atoms with van der Waals surface area (Å²) < 4.78 is 14.3. The van der Waals surface area contributed by atoms with E-state index in [1.807, 2.05) is 0 Å². The van der Waals surface area contributed by atoms with E-state index in [-0.39, 0.29) is 0 Å². The molecule has 10 atom stereocenters. The first-order valence-corrected chi connectivity index (χ1v) is 6.60. The predicted molar refractivity (Wildman–Crippen MR) is 64.3 cm³/mol. The molecule has 2 saturated heterocycles. The highest BCUT2D eigenvalue weighted by Crippen LogP contribution is 2.28. The number of carbonyl (C=O) groups is 1. The molecular weight excluding hydrogens is 324 g/mol. The van der Waals surface area contributed by atoms with Crippen molar-refractivity contribution in [3.8, 4) is 0 Å². The molecule has 0 aliphatic carbocycles. The summed E-state index contributed by atoms with van der Waals surface area (Å²) in [5, 5.41) is 75.7. The fourth-order valence-electron chi connectivity index (χ4n) is 2.30. The molecule has 0 bridgehead atoms. The van der Waals surface area contributed by atoms with Crippen LogP contribution in [0.5, 0.6) is 0 Å². The van der Waals surface area contributed by atoms with Gasteiger partial charge in [0, 0.05) is 0 Å². The molecule has 0 spiro atoms. The van der Waals surface area contributed by atoms with Gasteiger partial charge < -0.3 is 55.1 Å². The quantitative estimate of drug-likeness (QED) is 0.242. The standard InChI is InChI=1S/C11H18O12/c12-1-3(14)10(20)23-11(5(1)16)22-6-2(13)4(15)9(19)21-7(6)8(17)18/h1-7,9-16,19-20H,(H,17,18)/t1-,2-,3-,4+,5+,6-,7+,9+,10-,11+/m0/s1. The zero-order valence-corrected chi connectivity index (χ0v) is 11.5. The number of hydrogen-bond donors (Lipinski definition) is 8. The minimum absolute atomic E-state index is 1.65. The number of rotatable bonds is 3. The van der Waals surface area contributed by atoms with Crippen LogP contribution in [-0.4, -0.2) is 108 Å². The summed E-state index contributed by atoms with van der Waals surface area (Å²) in [5.74, 6) is -1.65. The fourth-order valence-corrected chi connectivity index (χ4v) is 2.30. The van der Waals surface area contributed by atoms with Crippen LogP contribution in [-0.2, 0) is 19.0 Å². The van der Waals surface area contributed by atoms with E-state index in [4.69, 9.17) is 14.6 Å². The fraction of sp³-hybridized carbons (Fsp3) is 0.909. The van der Waals surface area contributed by atoms with Crippen LogP contribution in [0.15, 0.2) is 0 Å². The second kappa shape index (κ2) is 6.90. The van der Waals surface area contributed by atoms with Gasteiger partial charge in [0.15, 0.2) is 25.0 Å². The zero-order valence-electron chi connectivity index (χ0n) is 11.5. The molecule has 2 heterocycles. The molecule has 2 rings (SSSR count). The van der Waals surface area contributed by atoms with E-state index >= 15 is 0 Å². The second-order valence-electron chi connectivity index (χ2n) is 5.23. The topological polar surface area (TPSA) is 207 Å². The Labute approximate surface area is 128 Å². The van der Waals surface area contributed by atoms with E-state index in [2.05, 4.69) is 4.74 Å². The third kappa shape index (κ3) is 3.46. The third-order valence-electron chi connectivity index (χ3n) is 3.64. The van der Waals surface area contributed by atoms with Crippen LogP contribution in [0.2, 0.25) is 0 Å². The van der Waals surface area contributed by atoms with E-state index < -0.39 is 67.6 Å². The van der Waals surface area contributed by atoms with Gasteiger partial charge in [0.05, 0.1) is 0 Å². The van der Waals surface area contributed by atoms with Crippen LogP contribution < -0.4 is 0 Å². The molecule has 0 radical (unpaired) electrons. The van der Waals surface area contributed by atoms with Crippen molar-refractivity contribution < 1.29 is 59.9 Å². The van der Waals surface area contributed by atoms with Crippen LogP contribution in [0.4, 0.5) is 0 Å². The average Bonchev–Trinajstić information content (AvgIpc) is 2.50. The Morgan fingerprint density at radius 3 is 1.83 bits per heavy atom. The minimum Gasteiger partial charge on any atom is -0.479 e. The SMILES string of the molecule is O=C(O)[C@@H]1O[C@@H](O)[C@H](O)[C@H](O)[C@@H]1O[C@@H]1O[C@H](O)[C@@H](O)[C@H](O)[C@H]1O. The summed E-state index contributed by atoms with van der Waals surface area (Å²) in [6, 6.07) is 0. The predicted octanol–water partition coefficient (Wildman–Crippen LogP) is -5.35. The van der Waals surface area contributed by atoms with Crippen molar-refractivity contribution >= 4 is 5.97 Å². The Kier molecular flexibility index (Phi) is 5.52. The van der Waals surface area contributed by atoms with Crippen molar-refractivity contribution in [3.63, 3.8) is 0 Å². The lowest BCUT2D eigenvalue weighted by molar-refractivity contribution is -0.372. The Morgan fingerprint density at radius 2 is 1.26 bits per heavy atom. The summed E-state index contributed by atoms with van der Waals surface area (Å²) in [6.07, 6.45) is -18.9. The molecule has 23 heavy (non-hydrogen) atoms. The highest BCUT2D eigenvalue weighted by molar-refractivity contribution is 5.73. The van der Waals surface area contributed by atoms with Crippen LogP contribution in [0, 0.1) is 0 Å². The zero-order chi connectivity index (χ0) is 17.5. The lowest BCUT2D eigenvalue weighted by Gasteiger charge is -2.43.